The molecule has 0 saturated carbocycles. The number of para-hydroxylation sites is 3. The van der Waals surface area contributed by atoms with Crippen LogP contribution in [0.1, 0.15) is 85.9 Å². The van der Waals surface area contributed by atoms with E-state index in [4.69, 9.17) is 16.6 Å². The molecular formula is C72H61N4OPt-3. The van der Waals surface area contributed by atoms with Crippen LogP contribution in [-0.2, 0) is 37.3 Å². The van der Waals surface area contributed by atoms with E-state index < -0.39 is 6.04 Å². The molecule has 6 heteroatoms. The fraction of sp³-hybridized carbons (Fsp3) is 0.167. The monoisotopic (exact) mass is 1200 g/mol. The van der Waals surface area contributed by atoms with Crippen LogP contribution >= 0.6 is 0 Å². The molecule has 0 fully saturated rings. The van der Waals surface area contributed by atoms with Crippen LogP contribution in [0.25, 0.3) is 93.2 Å². The van der Waals surface area contributed by atoms with Crippen molar-refractivity contribution in [2.24, 2.45) is 0 Å². The van der Waals surface area contributed by atoms with Gasteiger partial charge in [-0.3, -0.25) is 0 Å². The van der Waals surface area contributed by atoms with E-state index in [1.165, 1.54) is 5.56 Å². The van der Waals surface area contributed by atoms with Crippen molar-refractivity contribution in [3.63, 3.8) is 0 Å². The summed E-state index contributed by atoms with van der Waals surface area (Å²) < 4.78 is 55.6. The Hall–Kier alpha value is -8.11. The average molecular weight is 1200 g/mol. The Labute approximate surface area is 479 Å². The molecule has 3 aromatic heterocycles. The second kappa shape index (κ2) is 19.1. The van der Waals surface area contributed by atoms with E-state index in [2.05, 4.69) is 241 Å². The van der Waals surface area contributed by atoms with E-state index in [9.17, 15) is 0 Å². The third-order valence-electron chi connectivity index (χ3n) is 15.2. The van der Waals surface area contributed by atoms with Crippen LogP contribution < -0.4 is 9.64 Å². The van der Waals surface area contributed by atoms with Crippen LogP contribution in [0.5, 0.6) is 11.5 Å². The fourth-order valence-corrected chi connectivity index (χ4v) is 11.2. The molecule has 9 aromatic carbocycles. The topological polar surface area (TPSA) is 35.2 Å². The minimum Gasteiger partial charge on any atom is -0.509 e. The van der Waals surface area contributed by atoms with Gasteiger partial charge in [0.15, 0.2) is 0 Å². The molecule has 0 saturated heterocycles. The van der Waals surface area contributed by atoms with Gasteiger partial charge in [0, 0.05) is 50.0 Å². The zero-order chi connectivity index (χ0) is 57.3. The summed E-state index contributed by atoms with van der Waals surface area (Å²) in [5.41, 5.74) is 10.4. The summed E-state index contributed by atoms with van der Waals surface area (Å²) in [7, 11) is 0. The number of fused-ring (bicyclic) bond motifs is 10. The molecule has 78 heavy (non-hydrogen) atoms. The Bertz CT molecular complexity index is 4700. The maximum atomic E-state index is 9.14. The number of benzene rings is 9. The first-order valence-corrected chi connectivity index (χ1v) is 26.4. The second-order valence-corrected chi connectivity index (χ2v) is 23.4. The maximum absolute atomic E-state index is 9.14. The van der Waals surface area contributed by atoms with Crippen molar-refractivity contribution in [3.8, 4) is 39.6 Å². The summed E-state index contributed by atoms with van der Waals surface area (Å²) in [6.07, 6.45) is 1.89. The molecule has 13 rings (SSSR count). The largest absolute Gasteiger partial charge is 0.509 e. The number of rotatable bonds is 6. The number of nitrogens with zero attached hydrogens (tertiary/aromatic N) is 4. The van der Waals surface area contributed by atoms with E-state index in [1.54, 1.807) is 0 Å². The molecule has 0 atom stereocenters. The predicted molar refractivity (Wildman–Crippen MR) is 324 cm³/mol. The summed E-state index contributed by atoms with van der Waals surface area (Å²) in [6.45, 7) is 21.9. The normalized spacial score (nSPS) is 13.6. The molecule has 1 aliphatic rings. The first-order valence-electron chi connectivity index (χ1n) is 28.9. The van der Waals surface area contributed by atoms with Gasteiger partial charge in [0.2, 0.25) is 0 Å². The quantitative estimate of drug-likeness (QED) is 0.156. The number of pyridine rings is 1. The second-order valence-electron chi connectivity index (χ2n) is 23.4. The van der Waals surface area contributed by atoms with Crippen molar-refractivity contribution in [2.45, 2.75) is 78.6 Å². The molecule has 0 radical (unpaired) electrons. The van der Waals surface area contributed by atoms with Crippen LogP contribution in [0.15, 0.2) is 200 Å². The minimum atomic E-state index is -0.422. The Morgan fingerprint density at radius 3 is 1.76 bits per heavy atom. The summed E-state index contributed by atoms with van der Waals surface area (Å²) in [6, 6.07) is 63.2. The molecule has 0 bridgehead atoms. The summed E-state index contributed by atoms with van der Waals surface area (Å²) in [5.74, 6) is 1.90. The zero-order valence-electron chi connectivity index (χ0n) is 50.3. The summed E-state index contributed by atoms with van der Waals surface area (Å²) >= 11 is 0. The van der Waals surface area contributed by atoms with Crippen LogP contribution in [0, 0.1) is 18.8 Å². The fourth-order valence-electron chi connectivity index (χ4n) is 11.2. The Balaban J connectivity index is 0.00000680. The third-order valence-corrected chi connectivity index (χ3v) is 15.2. The van der Waals surface area contributed by atoms with Crippen molar-refractivity contribution >= 4 is 76.5 Å². The number of aromatic nitrogens is 3. The number of hydrogen-bond acceptors (Lipinski definition) is 3. The molecule has 1 aliphatic heterocycles. The molecule has 5 nitrogen and oxygen atoms in total. The average Bonchev–Trinajstić information content (AvgIpc) is 1.94. The molecule has 0 spiro atoms. The molecule has 388 valence electrons. The maximum Gasteiger partial charge on any atom is 0.135 e. The number of anilines is 2. The molecule has 0 amide bonds. The van der Waals surface area contributed by atoms with Gasteiger partial charge in [-0.2, -0.15) is 6.07 Å². The van der Waals surface area contributed by atoms with Crippen LogP contribution in [0.2, 0.25) is 0 Å². The number of hydrogen-bond donors (Lipinski definition) is 0. The van der Waals surface area contributed by atoms with Gasteiger partial charge in [-0.1, -0.05) is 213 Å². The zero-order valence-corrected chi connectivity index (χ0v) is 47.5. The molecule has 4 heterocycles. The first-order chi connectivity index (χ1) is 39.1. The van der Waals surface area contributed by atoms with E-state index in [-0.39, 0.29) is 67.0 Å². The van der Waals surface area contributed by atoms with Gasteiger partial charge >= 0.3 is 0 Å². The molecular weight excluding hydrogens is 1130 g/mol. The van der Waals surface area contributed by atoms with Gasteiger partial charge in [0.05, 0.1) is 6.85 Å². The first kappa shape index (κ1) is 45.0. The standard InChI is InChI=1S/C72H61N4O.Pt/c1-70(2,3)49-35-36-73-67(42-49)76-64-31-18-17-27-60(64)61-34-33-53(44-66(61)76)77-54-41-51(72(7,8)9)40-52(43-54)74-45-75-68-55(48-37-47(46-21-11-10-12-22-46)38-50(39-48)71(4,5)6)28-19-29-62(68)58-25-15-13-23-56(58)57-24-14-16-26-59(57)63-30-20-32-65(74)69(63)75;/h10-42,45H,1-9H3;/q-3;/i10D,11D,12D,21D,22D;. The van der Waals surface area contributed by atoms with Crippen LogP contribution in [0.3, 0.4) is 0 Å². The van der Waals surface area contributed by atoms with Gasteiger partial charge in [-0.25, -0.2) is 4.98 Å². The van der Waals surface area contributed by atoms with Crippen LogP contribution in [0.4, 0.5) is 11.4 Å². The third kappa shape index (κ3) is 8.79. The van der Waals surface area contributed by atoms with Crippen molar-refractivity contribution in [3.05, 3.63) is 236 Å². The van der Waals surface area contributed by atoms with Crippen molar-refractivity contribution in [2.75, 3.05) is 4.90 Å². The van der Waals surface area contributed by atoms with Gasteiger partial charge in [0.25, 0.3) is 0 Å². The Morgan fingerprint density at radius 1 is 0.487 bits per heavy atom. The minimum absolute atomic E-state index is 0. The summed E-state index contributed by atoms with van der Waals surface area (Å²) in [4.78, 5) is 7.14. The van der Waals surface area contributed by atoms with Gasteiger partial charge in [0.1, 0.15) is 5.82 Å². The molecule has 12 aromatic rings. The van der Waals surface area contributed by atoms with E-state index >= 15 is 0 Å². The Morgan fingerprint density at radius 2 is 1.08 bits per heavy atom. The van der Waals surface area contributed by atoms with E-state index in [0.717, 1.165) is 105 Å². The smallest absolute Gasteiger partial charge is 0.135 e. The van der Waals surface area contributed by atoms with Crippen LogP contribution in [-0.4, -0.2) is 14.1 Å². The van der Waals surface area contributed by atoms with Crippen molar-refractivity contribution in [1.29, 1.82) is 0 Å². The predicted octanol–water partition coefficient (Wildman–Crippen LogP) is 19.5. The molecule has 0 unspecified atom stereocenters. The van der Waals surface area contributed by atoms with Crippen molar-refractivity contribution in [1.82, 2.24) is 14.1 Å². The van der Waals surface area contributed by atoms with Gasteiger partial charge in [-0.15, -0.1) is 41.3 Å². The number of ether oxygens (including phenoxy) is 1. The van der Waals surface area contributed by atoms with E-state index in [1.807, 2.05) is 24.4 Å². The van der Waals surface area contributed by atoms with Gasteiger partial charge < -0.3 is 18.8 Å². The van der Waals surface area contributed by atoms with Crippen molar-refractivity contribution < 1.29 is 32.7 Å². The SMILES string of the molecule is [2H]c1c([2H])c([2H])c(-c2cc(-c3cccc4c5ccccc5c5ccccc5c5cccc6c5n(c34)[CH-]N6c3[c-]c(Oc4[c-]c5c(cc4)c4ccccc4n5-c4cc(C(C)(C)C)ccn4)cc(C(C)(C)C)c3)cc(C(C)(C)C)c2)c([2H])c1[2H].[Pt]. The molecule has 0 N–H and O–H groups in total. The van der Waals surface area contributed by atoms with Gasteiger partial charge in [-0.05, 0) is 135 Å². The molecule has 0 aliphatic carbocycles. The summed E-state index contributed by atoms with van der Waals surface area (Å²) in [5, 5.41) is 8.51. The van der Waals surface area contributed by atoms with E-state index in [0.29, 0.717) is 17.1 Å². The Kier molecular flexibility index (Phi) is 11.0.